The van der Waals surface area contributed by atoms with Gasteiger partial charge in [0, 0.05) is 6.20 Å². The Morgan fingerprint density at radius 3 is 2.64 bits per heavy atom. The molecule has 36 heavy (non-hydrogen) atoms. The van der Waals surface area contributed by atoms with Crippen molar-refractivity contribution < 1.29 is 37.4 Å². The van der Waals surface area contributed by atoms with E-state index in [9.17, 15) is 19.3 Å². The zero-order valence-electron chi connectivity index (χ0n) is 19.6. The number of para-hydroxylation sites is 1. The number of aliphatic hydroxyl groups is 1. The molecule has 0 saturated carbocycles. The lowest BCUT2D eigenvalue weighted by Crippen LogP contribution is -2.41. The molecule has 3 rings (SSSR count). The van der Waals surface area contributed by atoms with Crippen molar-refractivity contribution in [2.45, 2.75) is 56.5 Å². The molecule has 0 aliphatic carbocycles. The number of aromatic nitrogens is 2. The first kappa shape index (κ1) is 28.0. The molecule has 1 aromatic heterocycles. The standard InChI is InChI=1S/C21H27ClFN4O8P/c1-12(2)33-18(29)13(3)26-36(31,35-14-7-5-4-6-8-14)32-11-15-17(28)21(22,23)19(34-15)27-10-9-16(24)25-20(27)30/h4-10,12-13,15,17,19,28H,11H2,1-3H3,(H,26,31)(H2,24,25,30)/t13-,15-,17-,19-,21+,36?/m1/s1. The molecule has 198 valence electrons. The van der Waals surface area contributed by atoms with Gasteiger partial charge in [-0.1, -0.05) is 29.8 Å². The highest BCUT2D eigenvalue weighted by atomic mass is 35.5. The number of benzene rings is 1. The minimum absolute atomic E-state index is 0.108. The number of carbonyl (C=O) groups excluding carboxylic acids is 1. The number of halogens is 2. The highest BCUT2D eigenvalue weighted by Gasteiger charge is 2.58. The Morgan fingerprint density at radius 2 is 2.03 bits per heavy atom. The van der Waals surface area contributed by atoms with E-state index in [1.54, 1.807) is 32.0 Å². The molecule has 0 amide bonds. The van der Waals surface area contributed by atoms with Gasteiger partial charge in [0.2, 0.25) is 0 Å². The normalized spacial score (nSPS) is 26.4. The number of nitrogen functional groups attached to an aromatic ring is 1. The predicted octanol–water partition coefficient (Wildman–Crippen LogP) is 2.12. The Morgan fingerprint density at radius 1 is 1.36 bits per heavy atom. The van der Waals surface area contributed by atoms with Crippen molar-refractivity contribution in [1.29, 1.82) is 0 Å². The second-order valence-electron chi connectivity index (χ2n) is 8.22. The summed E-state index contributed by atoms with van der Waals surface area (Å²) in [5.41, 5.74) is 4.48. The van der Waals surface area contributed by atoms with Gasteiger partial charge in [-0.2, -0.15) is 10.1 Å². The average Bonchev–Trinajstić information content (AvgIpc) is 3.01. The van der Waals surface area contributed by atoms with Gasteiger partial charge in [0.25, 0.3) is 5.13 Å². The summed E-state index contributed by atoms with van der Waals surface area (Å²) in [6.07, 6.45) is -4.62. The summed E-state index contributed by atoms with van der Waals surface area (Å²) in [7, 11) is -4.33. The number of nitrogens with one attached hydrogen (secondary N) is 1. The lowest BCUT2D eigenvalue weighted by atomic mass is 10.1. The quantitative estimate of drug-likeness (QED) is 0.226. The van der Waals surface area contributed by atoms with Crippen LogP contribution in [0, 0.1) is 0 Å². The van der Waals surface area contributed by atoms with Crippen molar-refractivity contribution in [1.82, 2.24) is 14.6 Å². The van der Waals surface area contributed by atoms with Gasteiger partial charge in [0.05, 0.1) is 12.7 Å². The summed E-state index contributed by atoms with van der Waals surface area (Å²) in [5.74, 6) is -0.689. The van der Waals surface area contributed by atoms with Gasteiger partial charge >= 0.3 is 19.4 Å². The molecule has 12 nitrogen and oxygen atoms in total. The number of anilines is 1. The number of alkyl halides is 2. The zero-order chi connectivity index (χ0) is 26.7. The number of carbonyl (C=O) groups is 1. The van der Waals surface area contributed by atoms with E-state index in [-0.39, 0.29) is 11.6 Å². The van der Waals surface area contributed by atoms with Gasteiger partial charge in [-0.25, -0.2) is 13.8 Å². The van der Waals surface area contributed by atoms with Gasteiger partial charge in [0.1, 0.15) is 29.8 Å². The molecule has 2 aromatic rings. The molecular weight excluding hydrogens is 522 g/mol. The maximum Gasteiger partial charge on any atom is 0.459 e. The summed E-state index contributed by atoms with van der Waals surface area (Å²) in [6, 6.07) is 8.03. The van der Waals surface area contributed by atoms with E-state index < -0.39 is 61.7 Å². The lowest BCUT2D eigenvalue weighted by Gasteiger charge is -2.25. The summed E-state index contributed by atoms with van der Waals surface area (Å²) < 4.78 is 51.0. The third-order valence-corrected chi connectivity index (χ3v) is 6.97. The fourth-order valence-electron chi connectivity index (χ4n) is 3.22. The van der Waals surface area contributed by atoms with Crippen LogP contribution < -0.4 is 21.0 Å². The second-order valence-corrected chi connectivity index (χ2v) is 10.5. The Hall–Kier alpha value is -2.54. The number of aliphatic hydroxyl groups excluding tert-OH is 1. The van der Waals surface area contributed by atoms with E-state index in [1.807, 2.05) is 0 Å². The first-order chi connectivity index (χ1) is 16.8. The largest absolute Gasteiger partial charge is 0.462 e. The van der Waals surface area contributed by atoms with E-state index in [0.717, 1.165) is 10.8 Å². The maximum atomic E-state index is 15.2. The van der Waals surface area contributed by atoms with Gasteiger partial charge in [-0.15, -0.1) is 0 Å². The van der Waals surface area contributed by atoms with E-state index >= 15 is 4.39 Å². The molecule has 1 aliphatic rings. The van der Waals surface area contributed by atoms with Crippen molar-refractivity contribution in [3.8, 4) is 5.75 Å². The first-order valence-electron chi connectivity index (χ1n) is 10.9. The average molecular weight is 549 g/mol. The number of ether oxygens (including phenoxy) is 2. The number of hydrogen-bond donors (Lipinski definition) is 3. The van der Waals surface area contributed by atoms with E-state index in [1.165, 1.54) is 25.1 Å². The van der Waals surface area contributed by atoms with E-state index in [4.69, 9.17) is 35.9 Å². The lowest BCUT2D eigenvalue weighted by molar-refractivity contribution is -0.149. The Kier molecular flexibility index (Phi) is 8.75. The van der Waals surface area contributed by atoms with Crippen LogP contribution in [0.2, 0.25) is 0 Å². The molecule has 6 atom stereocenters. The third-order valence-electron chi connectivity index (χ3n) is 4.92. The number of esters is 1. The number of rotatable bonds is 10. The van der Waals surface area contributed by atoms with Crippen LogP contribution in [0.3, 0.4) is 0 Å². The van der Waals surface area contributed by atoms with Crippen molar-refractivity contribution in [2.75, 3.05) is 12.3 Å². The first-order valence-corrected chi connectivity index (χ1v) is 12.8. The summed E-state index contributed by atoms with van der Waals surface area (Å²) in [5, 5.41) is 9.94. The number of hydrogen-bond acceptors (Lipinski definition) is 10. The Balaban J connectivity index is 1.79. The second kappa shape index (κ2) is 11.2. The number of nitrogens with zero attached hydrogens (tertiary/aromatic N) is 2. The van der Waals surface area contributed by atoms with Crippen LogP contribution in [0.25, 0.3) is 0 Å². The topological polar surface area (TPSA) is 164 Å². The molecular formula is C21H27ClFN4O8P. The van der Waals surface area contributed by atoms with E-state index in [2.05, 4.69) is 10.1 Å². The van der Waals surface area contributed by atoms with Gasteiger partial charge in [-0.3, -0.25) is 13.9 Å². The molecule has 0 bridgehead atoms. The van der Waals surface area contributed by atoms with Gasteiger partial charge < -0.3 is 24.8 Å². The van der Waals surface area contributed by atoms with E-state index in [0.29, 0.717) is 0 Å². The Bertz CT molecular complexity index is 1170. The summed E-state index contributed by atoms with van der Waals surface area (Å²) in [4.78, 5) is 27.9. The van der Waals surface area contributed by atoms with Gasteiger partial charge in [-0.05, 0) is 39.0 Å². The molecule has 1 saturated heterocycles. The highest BCUT2D eigenvalue weighted by molar-refractivity contribution is 7.52. The Labute approximate surface area is 211 Å². The summed E-state index contributed by atoms with van der Waals surface area (Å²) >= 11 is 5.89. The van der Waals surface area contributed by atoms with Crippen molar-refractivity contribution in [3.05, 3.63) is 53.1 Å². The van der Waals surface area contributed by atoms with Crippen LogP contribution in [0.4, 0.5) is 10.2 Å². The molecule has 1 aromatic carbocycles. The molecule has 0 radical (unpaired) electrons. The SMILES string of the molecule is CC(C)OC(=O)[C@@H](C)NP(=O)(OC[C@H]1O[C@@H](n2ccc(N)nc2=O)[C@](F)(Cl)[C@@H]1O)Oc1ccccc1. The van der Waals surface area contributed by atoms with Crippen molar-refractivity contribution in [3.63, 3.8) is 0 Å². The van der Waals surface area contributed by atoms with Crippen LogP contribution in [-0.2, 0) is 23.4 Å². The zero-order valence-corrected chi connectivity index (χ0v) is 21.3. The molecule has 1 fully saturated rings. The third kappa shape index (κ3) is 6.61. The molecule has 1 aliphatic heterocycles. The molecule has 0 spiro atoms. The van der Waals surface area contributed by atoms with Crippen LogP contribution in [0.1, 0.15) is 27.0 Å². The monoisotopic (exact) mass is 548 g/mol. The molecule has 15 heteroatoms. The van der Waals surface area contributed by atoms with Crippen molar-refractivity contribution in [2.24, 2.45) is 0 Å². The fourth-order valence-corrected chi connectivity index (χ4v) is 5.02. The minimum Gasteiger partial charge on any atom is -0.462 e. The molecule has 1 unspecified atom stereocenters. The van der Waals surface area contributed by atoms with Crippen LogP contribution in [0.5, 0.6) is 5.75 Å². The molecule has 2 heterocycles. The van der Waals surface area contributed by atoms with Crippen LogP contribution >= 0.6 is 19.3 Å². The highest BCUT2D eigenvalue weighted by Crippen LogP contribution is 2.48. The van der Waals surface area contributed by atoms with Crippen LogP contribution in [0.15, 0.2) is 47.4 Å². The minimum atomic E-state index is -4.33. The van der Waals surface area contributed by atoms with Crippen molar-refractivity contribution >= 4 is 31.1 Å². The molecule has 4 N–H and O–H groups in total. The van der Waals surface area contributed by atoms with Gasteiger partial charge in [0.15, 0.2) is 6.23 Å². The maximum absolute atomic E-state index is 15.2. The van der Waals surface area contributed by atoms with Crippen LogP contribution in [-0.4, -0.2) is 56.7 Å². The fraction of sp³-hybridized carbons (Fsp3) is 0.476. The summed E-state index contributed by atoms with van der Waals surface area (Å²) in [6.45, 7) is 3.98. The number of nitrogens with two attached hydrogens (primary N) is 1. The smallest absolute Gasteiger partial charge is 0.459 e. The predicted molar refractivity (Wildman–Crippen MR) is 127 cm³/mol.